The van der Waals surface area contributed by atoms with Gasteiger partial charge < -0.3 is 5.11 Å². The lowest BCUT2D eigenvalue weighted by Crippen LogP contribution is -2.53. The summed E-state index contributed by atoms with van der Waals surface area (Å²) in [5.74, 6) is 4.73. The summed E-state index contributed by atoms with van der Waals surface area (Å²) in [6.07, 6.45) is 13.0. The van der Waals surface area contributed by atoms with E-state index < -0.39 is 0 Å². The number of carbonyl (C=O) groups excluding carboxylic acids is 1. The monoisotopic (exact) mass is 428 g/mol. The van der Waals surface area contributed by atoms with E-state index in [4.69, 9.17) is 0 Å². The SMILES string of the molecule is CC(C)[C@@H](O)CC[C@@H](C)[C@H]1CC[C@H]2[C@@H]3CC=C4C(C)(C)C(=O)CC[C@]4(C)[C@H]3CC[C@]12C. The summed E-state index contributed by atoms with van der Waals surface area (Å²) in [6, 6.07) is 0. The summed E-state index contributed by atoms with van der Waals surface area (Å²) >= 11 is 0. The summed E-state index contributed by atoms with van der Waals surface area (Å²) in [7, 11) is 0. The molecule has 1 N–H and O–H groups in total. The lowest BCUT2D eigenvalue weighted by atomic mass is 9.44. The van der Waals surface area contributed by atoms with E-state index in [9.17, 15) is 9.90 Å². The molecule has 0 heterocycles. The summed E-state index contributed by atoms with van der Waals surface area (Å²) in [5.41, 5.74) is 1.91. The lowest BCUT2D eigenvalue weighted by molar-refractivity contribution is -0.132. The largest absolute Gasteiger partial charge is 0.393 e. The number of aliphatic hydroxyl groups excluding tert-OH is 1. The number of allylic oxidation sites excluding steroid dienone is 2. The fraction of sp³-hybridized carbons (Fsp3) is 0.897. The van der Waals surface area contributed by atoms with E-state index in [1.54, 1.807) is 0 Å². The van der Waals surface area contributed by atoms with E-state index in [2.05, 4.69) is 54.5 Å². The third kappa shape index (κ3) is 3.58. The van der Waals surface area contributed by atoms with Crippen LogP contribution >= 0.6 is 0 Å². The third-order valence-corrected chi connectivity index (χ3v) is 11.2. The highest BCUT2D eigenvalue weighted by atomic mass is 16.3. The van der Waals surface area contributed by atoms with Crippen molar-refractivity contribution in [3.63, 3.8) is 0 Å². The van der Waals surface area contributed by atoms with Crippen molar-refractivity contribution in [2.45, 2.75) is 112 Å². The Morgan fingerprint density at radius 2 is 1.71 bits per heavy atom. The molecule has 0 saturated heterocycles. The van der Waals surface area contributed by atoms with Crippen LogP contribution in [0.1, 0.15) is 106 Å². The number of rotatable bonds is 5. The van der Waals surface area contributed by atoms with Crippen LogP contribution in [0.15, 0.2) is 11.6 Å². The fourth-order valence-corrected chi connectivity index (χ4v) is 9.16. The van der Waals surface area contributed by atoms with Crippen LogP contribution in [-0.4, -0.2) is 17.0 Å². The van der Waals surface area contributed by atoms with Crippen molar-refractivity contribution in [2.24, 2.45) is 51.8 Å². The summed E-state index contributed by atoms with van der Waals surface area (Å²) in [6.45, 7) is 16.2. The number of hydrogen-bond acceptors (Lipinski definition) is 2. The van der Waals surface area contributed by atoms with Gasteiger partial charge in [0.1, 0.15) is 5.78 Å². The van der Waals surface area contributed by atoms with Crippen molar-refractivity contribution in [3.05, 3.63) is 11.6 Å². The van der Waals surface area contributed by atoms with Crippen LogP contribution in [0.4, 0.5) is 0 Å². The average molecular weight is 429 g/mol. The standard InChI is InChI=1S/C29H48O2/c1-18(2)24(30)12-8-19(3)21-10-11-22-20-9-13-25-27(4,5)26(31)15-17-29(25,7)23(20)14-16-28(21,22)6/h13,18-24,30H,8-12,14-17H2,1-7H3/t19-,20+,21-,22+,23+,24+,28-,29-/m1/s1. The third-order valence-electron chi connectivity index (χ3n) is 11.2. The molecule has 31 heavy (non-hydrogen) atoms. The molecule has 3 fully saturated rings. The van der Waals surface area contributed by atoms with Crippen molar-refractivity contribution in [3.8, 4) is 0 Å². The van der Waals surface area contributed by atoms with E-state index in [0.29, 0.717) is 23.0 Å². The Morgan fingerprint density at radius 1 is 1.00 bits per heavy atom. The first-order chi connectivity index (χ1) is 14.4. The molecule has 4 rings (SSSR count). The molecule has 0 radical (unpaired) electrons. The first-order valence-corrected chi connectivity index (χ1v) is 13.4. The van der Waals surface area contributed by atoms with Gasteiger partial charge >= 0.3 is 0 Å². The molecule has 4 aliphatic carbocycles. The van der Waals surface area contributed by atoms with Crippen LogP contribution in [-0.2, 0) is 4.79 Å². The predicted molar refractivity (Wildman–Crippen MR) is 129 cm³/mol. The second-order valence-corrected chi connectivity index (χ2v) is 13.3. The average Bonchev–Trinajstić information content (AvgIpc) is 3.06. The van der Waals surface area contributed by atoms with Gasteiger partial charge in [-0.05, 0) is 112 Å². The van der Waals surface area contributed by atoms with Gasteiger partial charge in [0.25, 0.3) is 0 Å². The molecule has 0 spiro atoms. The smallest absolute Gasteiger partial charge is 0.142 e. The second kappa shape index (κ2) is 8.00. The highest BCUT2D eigenvalue weighted by Gasteiger charge is 2.61. The summed E-state index contributed by atoms with van der Waals surface area (Å²) < 4.78 is 0. The zero-order valence-corrected chi connectivity index (χ0v) is 21.3. The molecule has 0 unspecified atom stereocenters. The molecule has 176 valence electrons. The molecule has 0 aliphatic heterocycles. The topological polar surface area (TPSA) is 37.3 Å². The van der Waals surface area contributed by atoms with E-state index >= 15 is 0 Å². The highest BCUT2D eigenvalue weighted by molar-refractivity contribution is 5.89. The van der Waals surface area contributed by atoms with Crippen LogP contribution in [0.5, 0.6) is 0 Å². The van der Waals surface area contributed by atoms with E-state index in [1.165, 1.54) is 44.1 Å². The van der Waals surface area contributed by atoms with Crippen LogP contribution in [0.3, 0.4) is 0 Å². The van der Waals surface area contributed by atoms with Crippen molar-refractivity contribution in [1.82, 2.24) is 0 Å². The summed E-state index contributed by atoms with van der Waals surface area (Å²) in [4.78, 5) is 12.7. The van der Waals surface area contributed by atoms with Crippen molar-refractivity contribution < 1.29 is 9.90 Å². The van der Waals surface area contributed by atoms with Crippen LogP contribution in [0.2, 0.25) is 0 Å². The molecule has 8 atom stereocenters. The zero-order chi connectivity index (χ0) is 22.8. The normalized spacial score (nSPS) is 43.6. The maximum Gasteiger partial charge on any atom is 0.142 e. The van der Waals surface area contributed by atoms with E-state index in [0.717, 1.165) is 42.9 Å². The molecule has 0 aromatic rings. The maximum absolute atomic E-state index is 12.7. The van der Waals surface area contributed by atoms with Gasteiger partial charge in [0.2, 0.25) is 0 Å². The zero-order valence-electron chi connectivity index (χ0n) is 21.3. The molecule has 0 aromatic heterocycles. The maximum atomic E-state index is 12.7. The predicted octanol–water partition coefficient (Wildman–Crippen LogP) is 7.20. The molecule has 4 aliphatic rings. The van der Waals surface area contributed by atoms with Crippen molar-refractivity contribution in [1.29, 1.82) is 0 Å². The first-order valence-electron chi connectivity index (χ1n) is 13.4. The minimum absolute atomic E-state index is 0.151. The number of aliphatic hydroxyl groups is 1. The van der Waals surface area contributed by atoms with E-state index in [-0.39, 0.29) is 16.9 Å². The Bertz CT molecular complexity index is 733. The highest BCUT2D eigenvalue weighted by Crippen LogP contribution is 2.68. The number of ketones is 1. The molecule has 0 aromatic carbocycles. The van der Waals surface area contributed by atoms with Gasteiger partial charge in [-0.25, -0.2) is 0 Å². The number of Topliss-reactive ketones (excluding diaryl/α,β-unsaturated/α-hetero) is 1. The lowest BCUT2D eigenvalue weighted by Gasteiger charge is -2.60. The molecule has 0 bridgehead atoms. The molecule has 2 heteroatoms. The molecular weight excluding hydrogens is 380 g/mol. The Hall–Kier alpha value is -0.630. The number of fused-ring (bicyclic) bond motifs is 5. The number of carbonyl (C=O) groups is 1. The Balaban J connectivity index is 1.54. The molecule has 2 nitrogen and oxygen atoms in total. The van der Waals surface area contributed by atoms with Crippen LogP contribution in [0.25, 0.3) is 0 Å². The second-order valence-electron chi connectivity index (χ2n) is 13.3. The summed E-state index contributed by atoms with van der Waals surface area (Å²) in [5, 5.41) is 10.3. The molecular formula is C29H48O2. The van der Waals surface area contributed by atoms with Crippen LogP contribution < -0.4 is 0 Å². The van der Waals surface area contributed by atoms with Gasteiger partial charge in [0.15, 0.2) is 0 Å². The minimum atomic E-state index is -0.261. The van der Waals surface area contributed by atoms with Gasteiger partial charge in [-0.2, -0.15) is 0 Å². The van der Waals surface area contributed by atoms with Gasteiger partial charge in [-0.3, -0.25) is 4.79 Å². The molecule has 0 amide bonds. The number of hydrogen-bond donors (Lipinski definition) is 1. The van der Waals surface area contributed by atoms with Gasteiger partial charge in [0.05, 0.1) is 6.10 Å². The van der Waals surface area contributed by atoms with Crippen LogP contribution in [0, 0.1) is 51.8 Å². The van der Waals surface area contributed by atoms with E-state index in [1.807, 2.05) is 0 Å². The first kappa shape index (κ1) is 23.5. The van der Waals surface area contributed by atoms with Crippen molar-refractivity contribution in [2.75, 3.05) is 0 Å². The Kier molecular flexibility index (Phi) is 6.07. The Labute approximate surface area is 191 Å². The van der Waals surface area contributed by atoms with Crippen molar-refractivity contribution >= 4 is 5.78 Å². The van der Waals surface area contributed by atoms with Gasteiger partial charge in [0, 0.05) is 11.8 Å². The quantitative estimate of drug-likeness (QED) is 0.470. The van der Waals surface area contributed by atoms with Gasteiger partial charge in [-0.15, -0.1) is 0 Å². The van der Waals surface area contributed by atoms with Gasteiger partial charge in [-0.1, -0.05) is 46.3 Å². The Morgan fingerprint density at radius 3 is 2.39 bits per heavy atom. The fourth-order valence-electron chi connectivity index (χ4n) is 9.16. The molecule has 3 saturated carbocycles. The minimum Gasteiger partial charge on any atom is -0.393 e.